The molecule has 0 saturated heterocycles. The zero-order valence-electron chi connectivity index (χ0n) is 18.4. The van der Waals surface area contributed by atoms with E-state index in [-0.39, 0.29) is 35.6 Å². The molecular formula is C20H31F3N4O5. The van der Waals surface area contributed by atoms with Crippen molar-refractivity contribution < 1.29 is 37.5 Å². The number of carbonyl (C=O) groups is 4. The van der Waals surface area contributed by atoms with Crippen molar-refractivity contribution in [1.82, 2.24) is 16.0 Å². The van der Waals surface area contributed by atoms with E-state index in [4.69, 9.17) is 15.6 Å². The molecule has 0 saturated carbocycles. The highest BCUT2D eigenvalue weighted by Crippen LogP contribution is 2.13. The van der Waals surface area contributed by atoms with Gasteiger partial charge in [0.05, 0.1) is 6.04 Å². The Morgan fingerprint density at radius 2 is 1.75 bits per heavy atom. The van der Waals surface area contributed by atoms with Crippen LogP contribution in [0.1, 0.15) is 34.1 Å². The molecule has 0 bridgehead atoms. The Bertz CT molecular complexity index is 721. The monoisotopic (exact) mass is 464 g/mol. The molecule has 182 valence electrons. The summed E-state index contributed by atoms with van der Waals surface area (Å²) in [4.78, 5) is 45.4. The van der Waals surface area contributed by atoms with Crippen LogP contribution >= 0.6 is 0 Å². The molecule has 0 aliphatic carbocycles. The minimum Gasteiger partial charge on any atom is -0.475 e. The van der Waals surface area contributed by atoms with E-state index in [9.17, 15) is 27.6 Å². The SMILES string of the molecule is CC(C)[C@H](N)C(=O)N[C@H]1/C=C/CCNC(=O)/C=C/[C@H](C(C)C)NC1=O.O=C(O)C(F)(F)F. The van der Waals surface area contributed by atoms with E-state index in [1.54, 1.807) is 18.2 Å². The zero-order valence-corrected chi connectivity index (χ0v) is 18.4. The first kappa shape index (κ1) is 29.1. The fourth-order valence-electron chi connectivity index (χ4n) is 2.21. The first-order valence-corrected chi connectivity index (χ1v) is 9.95. The minimum atomic E-state index is -5.08. The number of hydrogen-bond acceptors (Lipinski definition) is 5. The molecule has 32 heavy (non-hydrogen) atoms. The Balaban J connectivity index is 0.00000118. The smallest absolute Gasteiger partial charge is 0.475 e. The Kier molecular flexibility index (Phi) is 12.3. The van der Waals surface area contributed by atoms with Gasteiger partial charge in [0.25, 0.3) is 0 Å². The van der Waals surface area contributed by atoms with Crippen molar-refractivity contribution in [2.24, 2.45) is 17.6 Å². The van der Waals surface area contributed by atoms with Crippen LogP contribution in [-0.4, -0.2) is 59.6 Å². The highest BCUT2D eigenvalue weighted by atomic mass is 19.4. The first-order chi connectivity index (χ1) is 14.7. The second-order valence-electron chi connectivity index (χ2n) is 7.70. The average Bonchev–Trinajstić information content (AvgIpc) is 2.67. The Morgan fingerprint density at radius 1 is 1.19 bits per heavy atom. The largest absolute Gasteiger partial charge is 0.490 e. The van der Waals surface area contributed by atoms with Crippen LogP contribution in [0.5, 0.6) is 0 Å². The van der Waals surface area contributed by atoms with Gasteiger partial charge in [0.15, 0.2) is 0 Å². The number of halogens is 3. The Hall–Kier alpha value is -2.89. The van der Waals surface area contributed by atoms with Crippen LogP contribution < -0.4 is 21.7 Å². The summed E-state index contributed by atoms with van der Waals surface area (Å²) in [5.41, 5.74) is 5.86. The number of nitrogens with one attached hydrogen (secondary N) is 3. The second-order valence-corrected chi connectivity index (χ2v) is 7.70. The number of hydrogen-bond donors (Lipinski definition) is 5. The molecule has 0 radical (unpaired) electrons. The predicted molar refractivity (Wildman–Crippen MR) is 111 cm³/mol. The van der Waals surface area contributed by atoms with Crippen molar-refractivity contribution in [3.8, 4) is 0 Å². The van der Waals surface area contributed by atoms with Crippen molar-refractivity contribution in [3.05, 3.63) is 24.3 Å². The van der Waals surface area contributed by atoms with Crippen LogP contribution in [0.25, 0.3) is 0 Å². The molecule has 0 aromatic carbocycles. The topological polar surface area (TPSA) is 151 Å². The van der Waals surface area contributed by atoms with Crippen molar-refractivity contribution in [3.63, 3.8) is 0 Å². The van der Waals surface area contributed by atoms with E-state index in [0.29, 0.717) is 13.0 Å². The van der Waals surface area contributed by atoms with Crippen molar-refractivity contribution >= 4 is 23.7 Å². The molecule has 0 fully saturated rings. The van der Waals surface area contributed by atoms with Crippen molar-refractivity contribution in [2.75, 3.05) is 6.54 Å². The summed E-state index contributed by atoms with van der Waals surface area (Å²) < 4.78 is 31.7. The van der Waals surface area contributed by atoms with Gasteiger partial charge in [-0.25, -0.2) is 4.79 Å². The highest BCUT2D eigenvalue weighted by molar-refractivity contribution is 5.91. The fraction of sp³-hybridized carbons (Fsp3) is 0.600. The van der Waals surface area contributed by atoms with Gasteiger partial charge in [-0.05, 0) is 18.3 Å². The van der Waals surface area contributed by atoms with Crippen LogP contribution in [0.3, 0.4) is 0 Å². The lowest BCUT2D eigenvalue weighted by atomic mass is 10.0. The summed E-state index contributed by atoms with van der Waals surface area (Å²) in [6.45, 7) is 8.04. The van der Waals surface area contributed by atoms with Crippen LogP contribution in [0.4, 0.5) is 13.2 Å². The van der Waals surface area contributed by atoms with Crippen LogP contribution in [-0.2, 0) is 19.2 Å². The van der Waals surface area contributed by atoms with Crippen molar-refractivity contribution in [1.29, 1.82) is 0 Å². The highest BCUT2D eigenvalue weighted by Gasteiger charge is 2.38. The van der Waals surface area contributed by atoms with E-state index in [0.717, 1.165) is 0 Å². The van der Waals surface area contributed by atoms with Gasteiger partial charge in [0.2, 0.25) is 17.7 Å². The predicted octanol–water partition coefficient (Wildman–Crippen LogP) is 0.861. The third kappa shape index (κ3) is 11.5. The number of rotatable bonds is 4. The summed E-state index contributed by atoms with van der Waals surface area (Å²) in [6.07, 6.45) is 1.97. The standard InChI is InChI=1S/C18H30N4O3.C2HF3O2/c1-11(2)13-8-9-15(23)20-10-6-5-7-14(17(24)21-13)22-18(25)16(19)12(3)4;3-2(4,5)1(6)7/h5,7-9,11-14,16H,6,10,19H2,1-4H3,(H,20,23)(H,21,24)(H,22,25);(H,6,7)/b7-5+,9-8+;/t13-,14+,16+;/m1./s1. The summed E-state index contributed by atoms with van der Waals surface area (Å²) in [5, 5.41) is 15.4. The van der Waals surface area contributed by atoms with Crippen molar-refractivity contribution in [2.45, 2.75) is 58.4 Å². The van der Waals surface area contributed by atoms with Crippen LogP contribution in [0, 0.1) is 11.8 Å². The molecule has 9 nitrogen and oxygen atoms in total. The number of amides is 3. The summed E-state index contributed by atoms with van der Waals surface area (Å²) in [7, 11) is 0. The van der Waals surface area contributed by atoms with E-state index in [2.05, 4.69) is 16.0 Å². The molecule has 0 aromatic heterocycles. The van der Waals surface area contributed by atoms with E-state index in [1.165, 1.54) is 6.08 Å². The van der Waals surface area contributed by atoms with E-state index in [1.807, 2.05) is 27.7 Å². The molecule has 6 N–H and O–H groups in total. The number of nitrogens with two attached hydrogens (primary N) is 1. The number of alkyl halides is 3. The van der Waals surface area contributed by atoms with E-state index < -0.39 is 24.2 Å². The lowest BCUT2D eigenvalue weighted by Crippen LogP contribution is -2.54. The molecule has 0 unspecified atom stereocenters. The maximum atomic E-state index is 12.6. The fourth-order valence-corrected chi connectivity index (χ4v) is 2.21. The van der Waals surface area contributed by atoms with E-state index >= 15 is 0 Å². The summed E-state index contributed by atoms with van der Waals surface area (Å²) in [5.74, 6) is -3.58. The van der Waals surface area contributed by atoms with Gasteiger partial charge >= 0.3 is 12.1 Å². The zero-order chi connectivity index (χ0) is 25.1. The molecule has 1 aliphatic rings. The maximum absolute atomic E-state index is 12.6. The van der Waals surface area contributed by atoms with Gasteiger partial charge in [0.1, 0.15) is 6.04 Å². The normalized spacial score (nSPS) is 22.8. The van der Waals surface area contributed by atoms with Gasteiger partial charge < -0.3 is 26.8 Å². The Labute approximate surface area is 184 Å². The number of aliphatic carboxylic acids is 1. The number of carboxylic acid groups (broad SMARTS) is 1. The minimum absolute atomic E-state index is 0.0279. The average molecular weight is 464 g/mol. The molecule has 1 aliphatic heterocycles. The second kappa shape index (κ2) is 13.5. The lowest BCUT2D eigenvalue weighted by molar-refractivity contribution is -0.192. The molecule has 0 spiro atoms. The molecular weight excluding hydrogens is 433 g/mol. The van der Waals surface area contributed by atoms with Crippen LogP contribution in [0.15, 0.2) is 24.3 Å². The third-order valence-corrected chi connectivity index (χ3v) is 4.26. The molecule has 0 aromatic rings. The number of carbonyl (C=O) groups excluding carboxylic acids is 3. The summed E-state index contributed by atoms with van der Waals surface area (Å²) in [6, 6.07) is -1.80. The molecule has 3 atom stereocenters. The van der Waals surface area contributed by atoms with Gasteiger partial charge in [-0.1, -0.05) is 45.9 Å². The van der Waals surface area contributed by atoms with Gasteiger partial charge in [0, 0.05) is 18.7 Å². The summed E-state index contributed by atoms with van der Waals surface area (Å²) >= 11 is 0. The molecule has 1 rings (SSSR count). The Morgan fingerprint density at radius 3 is 2.22 bits per heavy atom. The maximum Gasteiger partial charge on any atom is 0.490 e. The van der Waals surface area contributed by atoms with Gasteiger partial charge in [-0.3, -0.25) is 14.4 Å². The molecule has 1 heterocycles. The lowest BCUT2D eigenvalue weighted by Gasteiger charge is -2.24. The number of carboxylic acids is 1. The molecule has 12 heteroatoms. The quantitative estimate of drug-likeness (QED) is 0.390. The van der Waals surface area contributed by atoms with Gasteiger partial charge in [-0.2, -0.15) is 13.2 Å². The van der Waals surface area contributed by atoms with Crippen LogP contribution in [0.2, 0.25) is 0 Å². The van der Waals surface area contributed by atoms with Gasteiger partial charge in [-0.15, -0.1) is 0 Å². The third-order valence-electron chi connectivity index (χ3n) is 4.26. The molecule has 3 amide bonds. The first-order valence-electron chi connectivity index (χ1n) is 9.95.